The third-order valence-electron chi connectivity index (χ3n) is 3.34. The highest BCUT2D eigenvalue weighted by molar-refractivity contribution is 6.10. The Bertz CT molecular complexity index is 897. The van der Waals surface area contributed by atoms with E-state index in [1.54, 1.807) is 12.1 Å². The van der Waals surface area contributed by atoms with Crippen molar-refractivity contribution in [1.82, 2.24) is 9.97 Å². The van der Waals surface area contributed by atoms with Gasteiger partial charge in [0, 0.05) is 12.4 Å². The monoisotopic (exact) mass is 322 g/mol. The van der Waals surface area contributed by atoms with E-state index in [0.717, 1.165) is 5.56 Å². The van der Waals surface area contributed by atoms with E-state index in [2.05, 4.69) is 15.3 Å². The smallest absolute Gasteiger partial charge is 0.411 e. The number of fused-ring (bicyclic) bond motifs is 1. The van der Waals surface area contributed by atoms with Gasteiger partial charge in [-0.1, -0.05) is 30.3 Å². The number of carbonyl (C=O) groups excluding carboxylic acids is 2. The molecule has 0 aliphatic heterocycles. The lowest BCUT2D eigenvalue weighted by Crippen LogP contribution is -2.19. The minimum absolute atomic E-state index is 0.0947. The minimum atomic E-state index is -0.709. The Kier molecular flexibility index (Phi) is 4.33. The van der Waals surface area contributed by atoms with Crippen LogP contribution in [0.25, 0.3) is 11.0 Å². The number of amides is 2. The fraction of sp³-hybridized carbons (Fsp3) is 0.0588. The fourth-order valence-corrected chi connectivity index (χ4v) is 2.26. The number of hydrogen-bond donors (Lipinski definition) is 2. The van der Waals surface area contributed by atoms with Gasteiger partial charge in [-0.3, -0.25) is 20.1 Å². The van der Waals surface area contributed by atoms with Crippen LogP contribution < -0.4 is 11.1 Å². The number of nitrogens with one attached hydrogen (secondary N) is 1. The summed E-state index contributed by atoms with van der Waals surface area (Å²) in [5, 5.41) is 2.52. The molecule has 0 saturated heterocycles. The summed E-state index contributed by atoms with van der Waals surface area (Å²) in [5.74, 6) is -0.709. The molecular weight excluding hydrogens is 308 g/mol. The van der Waals surface area contributed by atoms with E-state index in [0.29, 0.717) is 11.0 Å². The summed E-state index contributed by atoms with van der Waals surface area (Å²) in [6, 6.07) is 12.4. The zero-order valence-corrected chi connectivity index (χ0v) is 12.6. The van der Waals surface area contributed by atoms with Crippen molar-refractivity contribution in [3.05, 3.63) is 66.0 Å². The summed E-state index contributed by atoms with van der Waals surface area (Å²) in [7, 11) is 0. The minimum Gasteiger partial charge on any atom is -0.444 e. The van der Waals surface area contributed by atoms with Crippen LogP contribution >= 0.6 is 0 Å². The Labute approximate surface area is 137 Å². The number of hydrogen-bond acceptors (Lipinski definition) is 5. The number of benzene rings is 2. The van der Waals surface area contributed by atoms with Gasteiger partial charge in [0.05, 0.1) is 16.8 Å². The molecule has 1 aromatic heterocycles. The zero-order chi connectivity index (χ0) is 16.9. The summed E-state index contributed by atoms with van der Waals surface area (Å²) >= 11 is 0. The molecule has 3 N–H and O–H groups in total. The molecule has 2 aromatic carbocycles. The highest BCUT2D eigenvalue weighted by Gasteiger charge is 2.17. The van der Waals surface area contributed by atoms with E-state index in [-0.39, 0.29) is 17.9 Å². The van der Waals surface area contributed by atoms with E-state index in [1.807, 2.05) is 30.3 Å². The van der Waals surface area contributed by atoms with Gasteiger partial charge >= 0.3 is 6.09 Å². The normalized spacial score (nSPS) is 10.3. The second kappa shape index (κ2) is 6.74. The third kappa shape index (κ3) is 3.30. The summed E-state index contributed by atoms with van der Waals surface area (Å²) in [5.41, 5.74) is 7.43. The van der Waals surface area contributed by atoms with E-state index < -0.39 is 12.0 Å². The molecule has 2 amide bonds. The zero-order valence-electron chi connectivity index (χ0n) is 12.6. The molecule has 0 unspecified atom stereocenters. The molecule has 7 heteroatoms. The number of anilines is 1. The highest BCUT2D eigenvalue weighted by atomic mass is 16.5. The highest BCUT2D eigenvalue weighted by Crippen LogP contribution is 2.23. The molecule has 0 aliphatic carbocycles. The Morgan fingerprint density at radius 1 is 1.04 bits per heavy atom. The summed E-state index contributed by atoms with van der Waals surface area (Å²) in [6.45, 7) is 0.117. The van der Waals surface area contributed by atoms with Gasteiger partial charge in [-0.2, -0.15) is 0 Å². The molecule has 0 aliphatic rings. The predicted octanol–water partition coefficient (Wildman–Crippen LogP) is 2.48. The first-order valence-electron chi connectivity index (χ1n) is 7.16. The molecular formula is C17H14N4O3. The van der Waals surface area contributed by atoms with Gasteiger partial charge in [-0.15, -0.1) is 0 Å². The van der Waals surface area contributed by atoms with Gasteiger partial charge in [0.2, 0.25) is 0 Å². The van der Waals surface area contributed by atoms with Crippen LogP contribution in [0.2, 0.25) is 0 Å². The standard InChI is InChI=1S/C17H14N4O3/c18-16(22)14-12(6-7-13-15(14)20-9-8-19-13)21-17(23)24-10-11-4-2-1-3-5-11/h1-9H,10H2,(H2,18,22)(H,21,23). The van der Waals surface area contributed by atoms with Gasteiger partial charge < -0.3 is 10.5 Å². The Balaban J connectivity index is 1.80. The van der Waals surface area contributed by atoms with Crippen molar-refractivity contribution in [1.29, 1.82) is 0 Å². The van der Waals surface area contributed by atoms with Crippen molar-refractivity contribution in [2.75, 3.05) is 5.32 Å². The van der Waals surface area contributed by atoms with Gasteiger partial charge in [0.15, 0.2) is 0 Å². The maximum Gasteiger partial charge on any atom is 0.411 e. The average Bonchev–Trinajstić information content (AvgIpc) is 2.60. The summed E-state index contributed by atoms with van der Waals surface area (Å²) in [4.78, 5) is 31.9. The van der Waals surface area contributed by atoms with Crippen LogP contribution in [-0.4, -0.2) is 22.0 Å². The lowest BCUT2D eigenvalue weighted by atomic mass is 10.1. The van der Waals surface area contributed by atoms with Crippen LogP contribution in [0, 0.1) is 0 Å². The second-order valence-corrected chi connectivity index (χ2v) is 4.96. The topological polar surface area (TPSA) is 107 Å². The first-order valence-corrected chi connectivity index (χ1v) is 7.16. The summed E-state index contributed by atoms with van der Waals surface area (Å²) < 4.78 is 5.14. The van der Waals surface area contributed by atoms with Gasteiger partial charge in [-0.05, 0) is 17.7 Å². The number of ether oxygens (including phenoxy) is 1. The van der Waals surface area contributed by atoms with Crippen LogP contribution in [0.3, 0.4) is 0 Å². The van der Waals surface area contributed by atoms with Gasteiger partial charge in [0.1, 0.15) is 12.1 Å². The lowest BCUT2D eigenvalue weighted by molar-refractivity contribution is 0.100. The van der Waals surface area contributed by atoms with E-state index in [4.69, 9.17) is 10.5 Å². The van der Waals surface area contributed by atoms with Crippen LogP contribution in [0.1, 0.15) is 15.9 Å². The maximum absolute atomic E-state index is 12.0. The summed E-state index contributed by atoms with van der Waals surface area (Å²) in [6.07, 6.45) is 2.27. The number of rotatable bonds is 4. The van der Waals surface area contributed by atoms with Crippen LogP contribution in [0.5, 0.6) is 0 Å². The predicted molar refractivity (Wildman–Crippen MR) is 88.3 cm³/mol. The molecule has 7 nitrogen and oxygen atoms in total. The van der Waals surface area contributed by atoms with E-state index in [1.165, 1.54) is 12.4 Å². The molecule has 3 aromatic rings. The molecule has 120 valence electrons. The number of carbonyl (C=O) groups is 2. The largest absolute Gasteiger partial charge is 0.444 e. The second-order valence-electron chi connectivity index (χ2n) is 4.96. The van der Waals surface area contributed by atoms with Crippen LogP contribution in [-0.2, 0) is 11.3 Å². The molecule has 24 heavy (non-hydrogen) atoms. The maximum atomic E-state index is 12.0. The first-order chi connectivity index (χ1) is 11.6. The Morgan fingerprint density at radius 3 is 2.54 bits per heavy atom. The molecule has 1 heterocycles. The van der Waals surface area contributed by atoms with Crippen molar-refractivity contribution in [2.24, 2.45) is 5.73 Å². The van der Waals surface area contributed by atoms with E-state index in [9.17, 15) is 9.59 Å². The Morgan fingerprint density at radius 2 is 1.79 bits per heavy atom. The first kappa shape index (κ1) is 15.4. The molecule has 3 rings (SSSR count). The van der Waals surface area contributed by atoms with Crippen molar-refractivity contribution < 1.29 is 14.3 Å². The number of primary amides is 1. The fourth-order valence-electron chi connectivity index (χ4n) is 2.26. The molecule has 0 bridgehead atoms. The molecule has 0 radical (unpaired) electrons. The van der Waals surface area contributed by atoms with Crippen molar-refractivity contribution in [3.63, 3.8) is 0 Å². The lowest BCUT2D eigenvalue weighted by Gasteiger charge is -2.11. The van der Waals surface area contributed by atoms with Crippen molar-refractivity contribution in [3.8, 4) is 0 Å². The van der Waals surface area contributed by atoms with Crippen LogP contribution in [0.4, 0.5) is 10.5 Å². The van der Waals surface area contributed by atoms with Crippen molar-refractivity contribution >= 4 is 28.7 Å². The third-order valence-corrected chi connectivity index (χ3v) is 3.34. The van der Waals surface area contributed by atoms with Gasteiger partial charge in [0.25, 0.3) is 5.91 Å². The van der Waals surface area contributed by atoms with Crippen molar-refractivity contribution in [2.45, 2.75) is 6.61 Å². The SMILES string of the molecule is NC(=O)c1c(NC(=O)OCc2ccccc2)ccc2nccnc12. The molecule has 0 atom stereocenters. The van der Waals surface area contributed by atoms with E-state index >= 15 is 0 Å². The number of aromatic nitrogens is 2. The molecule has 0 spiro atoms. The quantitative estimate of drug-likeness (QED) is 0.767. The molecule has 0 saturated carbocycles. The van der Waals surface area contributed by atoms with Gasteiger partial charge in [-0.25, -0.2) is 4.79 Å². The average molecular weight is 322 g/mol. The van der Waals surface area contributed by atoms with Crippen LogP contribution in [0.15, 0.2) is 54.9 Å². The number of nitrogens with two attached hydrogens (primary N) is 1. The number of nitrogens with zero attached hydrogens (tertiary/aromatic N) is 2. The Hall–Kier alpha value is -3.48. The molecule has 0 fully saturated rings.